The van der Waals surface area contributed by atoms with Crippen molar-refractivity contribution in [1.29, 1.82) is 0 Å². The van der Waals surface area contributed by atoms with Crippen LogP contribution in [-0.2, 0) is 4.79 Å². The fourth-order valence-electron chi connectivity index (χ4n) is 2.82. The number of benzene rings is 1. The molecule has 2 amide bonds. The summed E-state index contributed by atoms with van der Waals surface area (Å²) in [5.74, 6) is 0.383. The molecule has 0 unspecified atom stereocenters. The molecule has 0 atom stereocenters. The van der Waals surface area contributed by atoms with Crippen molar-refractivity contribution < 1.29 is 9.59 Å². The number of carbonyl (C=O) groups is 2. The van der Waals surface area contributed by atoms with Gasteiger partial charge in [-0.2, -0.15) is 0 Å². The number of amides is 2. The Hall–Kier alpha value is -1.24. The second-order valence-corrected chi connectivity index (χ2v) is 7.38. The number of halogens is 1. The van der Waals surface area contributed by atoms with E-state index < -0.39 is 0 Å². The molecule has 0 bridgehead atoms. The van der Waals surface area contributed by atoms with E-state index in [2.05, 4.69) is 10.6 Å². The van der Waals surface area contributed by atoms with Crippen LogP contribution < -0.4 is 10.6 Å². The summed E-state index contributed by atoms with van der Waals surface area (Å²) < 4.78 is 0. The number of nitrogens with zero attached hydrogens (tertiary/aromatic N) is 1. The van der Waals surface area contributed by atoms with Crippen LogP contribution >= 0.6 is 24.2 Å². The molecule has 1 fully saturated rings. The van der Waals surface area contributed by atoms with Crippen LogP contribution in [0.1, 0.15) is 37.0 Å². The first-order valence-electron chi connectivity index (χ1n) is 8.49. The minimum Gasteiger partial charge on any atom is -0.353 e. The first-order chi connectivity index (χ1) is 11.5. The fourth-order valence-corrected chi connectivity index (χ4v) is 3.67. The molecule has 7 heteroatoms. The molecule has 0 aromatic heterocycles. The summed E-state index contributed by atoms with van der Waals surface area (Å²) in [7, 11) is 1.97. The summed E-state index contributed by atoms with van der Waals surface area (Å²) in [5, 5.41) is 6.15. The van der Waals surface area contributed by atoms with Gasteiger partial charge in [0.2, 0.25) is 5.91 Å². The van der Waals surface area contributed by atoms with E-state index in [4.69, 9.17) is 0 Å². The molecule has 2 N–H and O–H groups in total. The number of carbonyl (C=O) groups excluding carboxylic acids is 2. The molecule has 1 aromatic rings. The minimum atomic E-state index is -0.00733. The van der Waals surface area contributed by atoms with Crippen molar-refractivity contribution in [3.05, 3.63) is 29.8 Å². The van der Waals surface area contributed by atoms with Crippen LogP contribution in [0.2, 0.25) is 0 Å². The van der Waals surface area contributed by atoms with Crippen LogP contribution in [0.3, 0.4) is 0 Å². The van der Waals surface area contributed by atoms with Crippen molar-refractivity contribution in [3.63, 3.8) is 0 Å². The van der Waals surface area contributed by atoms with Crippen LogP contribution in [0.5, 0.6) is 0 Å². The van der Waals surface area contributed by atoms with Crippen LogP contribution in [0.4, 0.5) is 0 Å². The van der Waals surface area contributed by atoms with E-state index in [1.54, 1.807) is 0 Å². The van der Waals surface area contributed by atoms with Crippen LogP contribution in [-0.4, -0.2) is 54.7 Å². The van der Waals surface area contributed by atoms with Crippen molar-refractivity contribution in [2.24, 2.45) is 0 Å². The number of piperidine rings is 1. The maximum atomic E-state index is 12.8. The van der Waals surface area contributed by atoms with E-state index in [0.717, 1.165) is 30.8 Å². The van der Waals surface area contributed by atoms with Gasteiger partial charge < -0.3 is 15.5 Å². The van der Waals surface area contributed by atoms with Gasteiger partial charge >= 0.3 is 0 Å². The van der Waals surface area contributed by atoms with Gasteiger partial charge in [-0.15, -0.1) is 24.2 Å². The second kappa shape index (κ2) is 10.7. The highest BCUT2D eigenvalue weighted by atomic mass is 35.5. The van der Waals surface area contributed by atoms with E-state index in [9.17, 15) is 9.59 Å². The summed E-state index contributed by atoms with van der Waals surface area (Å²) in [6.45, 7) is 5.43. The zero-order chi connectivity index (χ0) is 17.5. The van der Waals surface area contributed by atoms with E-state index in [1.807, 2.05) is 50.1 Å². The maximum absolute atomic E-state index is 12.8. The Morgan fingerprint density at radius 2 is 1.88 bits per heavy atom. The number of hydrogen-bond acceptors (Lipinski definition) is 4. The Bertz CT molecular complexity index is 575. The fraction of sp³-hybridized carbons (Fsp3) is 0.556. The molecule has 1 aliphatic rings. The molecule has 25 heavy (non-hydrogen) atoms. The average Bonchev–Trinajstić information content (AvgIpc) is 2.59. The number of rotatable bonds is 6. The smallest absolute Gasteiger partial charge is 0.254 e. The Morgan fingerprint density at radius 1 is 1.24 bits per heavy atom. The van der Waals surface area contributed by atoms with Crippen molar-refractivity contribution in [3.8, 4) is 0 Å². The Kier molecular flexibility index (Phi) is 9.32. The standard InChI is InChI=1S/C18H27N3O2S.ClH/c1-13(2)20-17(22)12-24-16-7-5-4-6-15(16)18(23)21-10-8-14(19-3)9-11-21;/h4-7,13-14,19H,8-12H2,1-3H3,(H,20,22);1H. The van der Waals surface area contributed by atoms with E-state index in [-0.39, 0.29) is 30.3 Å². The molecule has 0 saturated carbocycles. The SMILES string of the molecule is CNC1CCN(C(=O)c2ccccc2SCC(=O)NC(C)C)CC1.Cl. The predicted octanol–water partition coefficient (Wildman–Crippen LogP) is 2.55. The average molecular weight is 386 g/mol. The van der Waals surface area contributed by atoms with Crippen LogP contribution in [0, 0.1) is 0 Å². The lowest BCUT2D eigenvalue weighted by molar-refractivity contribution is -0.119. The van der Waals surface area contributed by atoms with Gasteiger partial charge in [0, 0.05) is 30.1 Å². The third-order valence-corrected chi connectivity index (χ3v) is 5.19. The van der Waals surface area contributed by atoms with Gasteiger partial charge in [-0.3, -0.25) is 9.59 Å². The summed E-state index contributed by atoms with van der Waals surface area (Å²) >= 11 is 1.42. The van der Waals surface area contributed by atoms with Crippen LogP contribution in [0.25, 0.3) is 0 Å². The van der Waals surface area contributed by atoms with Crippen molar-refractivity contribution in [1.82, 2.24) is 15.5 Å². The lowest BCUT2D eigenvalue weighted by atomic mass is 10.0. The summed E-state index contributed by atoms with van der Waals surface area (Å²) in [4.78, 5) is 27.5. The van der Waals surface area contributed by atoms with Crippen LogP contribution in [0.15, 0.2) is 29.2 Å². The highest BCUT2D eigenvalue weighted by Gasteiger charge is 2.24. The molecular weight excluding hydrogens is 358 g/mol. The predicted molar refractivity (Wildman–Crippen MR) is 106 cm³/mol. The molecular formula is C18H28ClN3O2S. The van der Waals surface area contributed by atoms with Crippen molar-refractivity contribution in [2.45, 2.75) is 43.7 Å². The molecule has 140 valence electrons. The monoisotopic (exact) mass is 385 g/mol. The molecule has 2 rings (SSSR count). The maximum Gasteiger partial charge on any atom is 0.254 e. The Morgan fingerprint density at radius 3 is 2.48 bits per heavy atom. The van der Waals surface area contributed by atoms with E-state index in [1.165, 1.54) is 11.8 Å². The van der Waals surface area contributed by atoms with Gasteiger partial charge in [0.05, 0.1) is 11.3 Å². The molecule has 1 heterocycles. The first-order valence-corrected chi connectivity index (χ1v) is 9.47. The lowest BCUT2D eigenvalue weighted by Crippen LogP contribution is -2.44. The number of hydrogen-bond donors (Lipinski definition) is 2. The van der Waals surface area contributed by atoms with Crippen molar-refractivity contribution in [2.75, 3.05) is 25.9 Å². The molecule has 0 radical (unpaired) electrons. The first kappa shape index (κ1) is 21.8. The quantitative estimate of drug-likeness (QED) is 0.739. The van der Waals surface area contributed by atoms with Gasteiger partial charge in [0.25, 0.3) is 5.91 Å². The zero-order valence-corrected chi connectivity index (χ0v) is 16.7. The number of thioether (sulfide) groups is 1. The third-order valence-electron chi connectivity index (χ3n) is 4.12. The molecule has 1 aromatic carbocycles. The Labute approximate surface area is 160 Å². The van der Waals surface area contributed by atoms with Gasteiger partial charge in [-0.25, -0.2) is 0 Å². The highest BCUT2D eigenvalue weighted by Crippen LogP contribution is 2.25. The highest BCUT2D eigenvalue weighted by molar-refractivity contribution is 8.00. The largest absolute Gasteiger partial charge is 0.353 e. The van der Waals surface area contributed by atoms with Crippen molar-refractivity contribution >= 4 is 36.0 Å². The summed E-state index contributed by atoms with van der Waals surface area (Å²) in [5.41, 5.74) is 0.697. The lowest BCUT2D eigenvalue weighted by Gasteiger charge is -2.32. The molecule has 5 nitrogen and oxygen atoms in total. The number of likely N-dealkylation sites (tertiary alicyclic amines) is 1. The van der Waals surface area contributed by atoms with Gasteiger partial charge in [0.1, 0.15) is 0 Å². The molecule has 1 aliphatic heterocycles. The molecule has 0 spiro atoms. The topological polar surface area (TPSA) is 61.4 Å². The molecule has 1 saturated heterocycles. The summed E-state index contributed by atoms with van der Waals surface area (Å²) in [6, 6.07) is 8.19. The van der Waals surface area contributed by atoms with E-state index in [0.29, 0.717) is 17.4 Å². The second-order valence-electron chi connectivity index (χ2n) is 6.36. The van der Waals surface area contributed by atoms with Gasteiger partial charge in [-0.05, 0) is 45.9 Å². The molecule has 0 aliphatic carbocycles. The number of nitrogens with one attached hydrogen (secondary N) is 2. The summed E-state index contributed by atoms with van der Waals surface area (Å²) in [6.07, 6.45) is 1.96. The van der Waals surface area contributed by atoms with E-state index >= 15 is 0 Å². The zero-order valence-electron chi connectivity index (χ0n) is 15.1. The van der Waals surface area contributed by atoms with Gasteiger partial charge in [0.15, 0.2) is 0 Å². The normalized spacial score (nSPS) is 15.0. The van der Waals surface area contributed by atoms with Gasteiger partial charge in [-0.1, -0.05) is 12.1 Å². The third kappa shape index (κ3) is 6.53. The minimum absolute atomic E-state index is 0. The Balaban J connectivity index is 0.00000312.